The highest BCUT2D eigenvalue weighted by atomic mass is 127. The molecule has 4 atom stereocenters. The molecule has 4 unspecified atom stereocenters. The summed E-state index contributed by atoms with van der Waals surface area (Å²) in [6, 6.07) is 0. The molecule has 0 aliphatic carbocycles. The van der Waals surface area contributed by atoms with Crippen LogP contribution in [0.15, 0.2) is 12.7 Å². The van der Waals surface area contributed by atoms with E-state index in [4.69, 9.17) is 14.9 Å². The van der Waals surface area contributed by atoms with Gasteiger partial charge in [0.25, 0.3) is 0 Å². The van der Waals surface area contributed by atoms with Crippen LogP contribution in [0, 0.1) is 11.8 Å². The van der Waals surface area contributed by atoms with Crippen molar-refractivity contribution in [2.24, 2.45) is 11.8 Å². The Morgan fingerprint density at radius 2 is 1.79 bits per heavy atom. The quantitative estimate of drug-likeness (QED) is 0.456. The highest BCUT2D eigenvalue weighted by molar-refractivity contribution is 14.1. The Kier molecular flexibility index (Phi) is 3.48. The first-order chi connectivity index (χ1) is 6.49. The van der Waals surface area contributed by atoms with Gasteiger partial charge in [0.1, 0.15) is 15.9 Å². The number of carboxylic acid groups (broad SMARTS) is 2. The highest BCUT2D eigenvalue weighted by Crippen LogP contribution is 2.37. The number of hydrogen-bond acceptors (Lipinski definition) is 3. The maximum Gasteiger partial charge on any atom is 0.310 e. The van der Waals surface area contributed by atoms with Gasteiger partial charge in [0.05, 0.1) is 6.10 Å². The third-order valence-electron chi connectivity index (χ3n) is 2.11. The SMILES string of the molecule is C=CC1OC(I)C(C(=O)O)C1C(=O)O. The van der Waals surface area contributed by atoms with Crippen LogP contribution in [0.5, 0.6) is 0 Å². The van der Waals surface area contributed by atoms with Crippen LogP contribution in [0.2, 0.25) is 0 Å². The zero-order valence-corrected chi connectivity index (χ0v) is 9.25. The van der Waals surface area contributed by atoms with E-state index in [-0.39, 0.29) is 0 Å². The Morgan fingerprint density at radius 1 is 1.29 bits per heavy atom. The van der Waals surface area contributed by atoms with Crippen LogP contribution < -0.4 is 0 Å². The Hall–Kier alpha value is -0.630. The van der Waals surface area contributed by atoms with E-state index in [1.807, 2.05) is 0 Å². The molecule has 1 aliphatic heterocycles. The molecule has 0 amide bonds. The second-order valence-electron chi connectivity index (χ2n) is 2.92. The van der Waals surface area contributed by atoms with Crippen LogP contribution in [0.25, 0.3) is 0 Å². The summed E-state index contributed by atoms with van der Waals surface area (Å²) in [5.41, 5.74) is 0. The highest BCUT2D eigenvalue weighted by Gasteiger charge is 2.50. The van der Waals surface area contributed by atoms with Crippen LogP contribution in [-0.2, 0) is 14.3 Å². The van der Waals surface area contributed by atoms with Crippen molar-refractivity contribution in [1.82, 2.24) is 0 Å². The summed E-state index contributed by atoms with van der Waals surface area (Å²) in [6.45, 7) is 3.42. The van der Waals surface area contributed by atoms with E-state index in [1.54, 1.807) is 22.6 Å². The lowest BCUT2D eigenvalue weighted by Gasteiger charge is -2.12. The lowest BCUT2D eigenvalue weighted by Crippen LogP contribution is -2.33. The van der Waals surface area contributed by atoms with Crippen LogP contribution >= 0.6 is 22.6 Å². The minimum atomic E-state index is -1.17. The van der Waals surface area contributed by atoms with Gasteiger partial charge in [0, 0.05) is 0 Å². The first-order valence-corrected chi connectivity index (χ1v) is 5.11. The predicted molar refractivity (Wildman–Crippen MR) is 55.1 cm³/mol. The van der Waals surface area contributed by atoms with Gasteiger partial charge in [-0.05, 0) is 0 Å². The Morgan fingerprint density at radius 3 is 2.14 bits per heavy atom. The molecule has 0 spiro atoms. The molecule has 0 aromatic rings. The van der Waals surface area contributed by atoms with E-state index in [2.05, 4.69) is 6.58 Å². The van der Waals surface area contributed by atoms with Crippen LogP contribution in [0.4, 0.5) is 0 Å². The van der Waals surface area contributed by atoms with Gasteiger partial charge in [-0.1, -0.05) is 28.7 Å². The second kappa shape index (κ2) is 4.26. The summed E-state index contributed by atoms with van der Waals surface area (Å²) >= 11 is 1.78. The van der Waals surface area contributed by atoms with Crippen molar-refractivity contribution in [2.45, 2.75) is 10.2 Å². The van der Waals surface area contributed by atoms with Crippen LogP contribution in [-0.4, -0.2) is 32.4 Å². The van der Waals surface area contributed by atoms with Crippen molar-refractivity contribution in [2.75, 3.05) is 0 Å². The summed E-state index contributed by atoms with van der Waals surface area (Å²) in [7, 11) is 0. The van der Waals surface area contributed by atoms with Gasteiger partial charge in [-0.3, -0.25) is 9.59 Å². The van der Waals surface area contributed by atoms with Gasteiger partial charge in [0.15, 0.2) is 0 Å². The van der Waals surface area contributed by atoms with Gasteiger partial charge in [-0.25, -0.2) is 0 Å². The number of halogens is 1. The van der Waals surface area contributed by atoms with Crippen molar-refractivity contribution in [3.05, 3.63) is 12.7 Å². The number of hydrogen-bond donors (Lipinski definition) is 2. The summed E-state index contributed by atoms with van der Waals surface area (Å²) in [5.74, 6) is -4.38. The van der Waals surface area contributed by atoms with Crippen molar-refractivity contribution in [3.8, 4) is 0 Å². The maximum atomic E-state index is 10.8. The molecular weight excluding hydrogens is 303 g/mol. The summed E-state index contributed by atoms with van der Waals surface area (Å²) in [5, 5.41) is 17.7. The van der Waals surface area contributed by atoms with Gasteiger partial charge < -0.3 is 14.9 Å². The van der Waals surface area contributed by atoms with E-state index in [0.29, 0.717) is 0 Å². The van der Waals surface area contributed by atoms with E-state index in [0.717, 1.165) is 0 Å². The average molecular weight is 312 g/mol. The molecule has 6 heteroatoms. The molecule has 5 nitrogen and oxygen atoms in total. The second-order valence-corrected chi connectivity index (χ2v) is 4.14. The van der Waals surface area contributed by atoms with Crippen molar-refractivity contribution < 1.29 is 24.5 Å². The van der Waals surface area contributed by atoms with Crippen molar-refractivity contribution >= 4 is 34.5 Å². The molecular formula is C8H9IO5. The molecule has 0 aromatic heterocycles. The first kappa shape index (κ1) is 11.4. The summed E-state index contributed by atoms with van der Waals surface area (Å²) < 4.78 is 4.53. The largest absolute Gasteiger partial charge is 0.481 e. The zero-order valence-electron chi connectivity index (χ0n) is 7.09. The molecule has 0 saturated carbocycles. The molecule has 0 radical (unpaired) electrons. The van der Waals surface area contributed by atoms with E-state index in [1.165, 1.54) is 6.08 Å². The molecule has 0 bridgehead atoms. The standard InChI is InChI=1S/C8H9IO5/c1-2-3-4(7(10)11)5(8(12)13)6(9)14-3/h2-6H,1H2,(H,10,11)(H,12,13). The van der Waals surface area contributed by atoms with Crippen molar-refractivity contribution in [1.29, 1.82) is 0 Å². The molecule has 1 rings (SSSR count). The Balaban J connectivity index is 2.97. The molecule has 2 N–H and O–H groups in total. The van der Waals surface area contributed by atoms with Gasteiger partial charge in [-0.2, -0.15) is 0 Å². The average Bonchev–Trinajstić information content (AvgIpc) is 2.41. The molecule has 0 aromatic carbocycles. The fraction of sp³-hybridized carbons (Fsp3) is 0.500. The third-order valence-corrected chi connectivity index (χ3v) is 3.18. The number of carbonyl (C=O) groups is 2. The Bertz CT molecular complexity index is 277. The first-order valence-electron chi connectivity index (χ1n) is 3.86. The maximum absolute atomic E-state index is 10.8. The fourth-order valence-electron chi connectivity index (χ4n) is 1.45. The Labute approximate surface area is 93.9 Å². The number of alkyl halides is 1. The smallest absolute Gasteiger partial charge is 0.310 e. The van der Waals surface area contributed by atoms with Gasteiger partial charge in [0.2, 0.25) is 0 Å². The van der Waals surface area contributed by atoms with Crippen LogP contribution in [0.3, 0.4) is 0 Å². The molecule has 14 heavy (non-hydrogen) atoms. The predicted octanol–water partition coefficient (Wildman–Crippen LogP) is 0.734. The van der Waals surface area contributed by atoms with E-state index >= 15 is 0 Å². The van der Waals surface area contributed by atoms with Crippen molar-refractivity contribution in [3.63, 3.8) is 0 Å². The fourth-order valence-corrected chi connectivity index (χ4v) is 2.54. The minimum absolute atomic E-state index is 0.630. The summed E-state index contributed by atoms with van der Waals surface area (Å²) in [4.78, 5) is 21.6. The molecule has 1 fully saturated rings. The lowest BCUT2D eigenvalue weighted by molar-refractivity contribution is -0.152. The monoisotopic (exact) mass is 312 g/mol. The summed E-state index contributed by atoms with van der Waals surface area (Å²) in [6.07, 6.45) is 0.600. The molecule has 1 saturated heterocycles. The molecule has 1 heterocycles. The topological polar surface area (TPSA) is 83.8 Å². The number of rotatable bonds is 3. The molecule has 78 valence electrons. The zero-order chi connectivity index (χ0) is 10.9. The number of aliphatic carboxylic acids is 2. The van der Waals surface area contributed by atoms with Gasteiger partial charge >= 0.3 is 11.9 Å². The number of carboxylic acids is 2. The third kappa shape index (κ3) is 1.90. The van der Waals surface area contributed by atoms with Gasteiger partial charge in [-0.15, -0.1) is 6.58 Å². The lowest BCUT2D eigenvalue weighted by atomic mass is 9.91. The molecule has 1 aliphatic rings. The van der Waals surface area contributed by atoms with E-state index < -0.39 is 34.0 Å². The number of ether oxygens (including phenoxy) is 1. The van der Waals surface area contributed by atoms with Crippen LogP contribution in [0.1, 0.15) is 0 Å². The minimum Gasteiger partial charge on any atom is -0.481 e. The van der Waals surface area contributed by atoms with E-state index in [9.17, 15) is 9.59 Å². The normalized spacial score (nSPS) is 36.6.